The molecule has 0 aromatic heterocycles. The molecule has 0 aliphatic heterocycles. The number of carbonyl (C=O) groups excluding carboxylic acids is 2. The van der Waals surface area contributed by atoms with E-state index in [1.54, 1.807) is 43.3 Å². The van der Waals surface area contributed by atoms with Gasteiger partial charge in [-0.3, -0.25) is 14.9 Å². The van der Waals surface area contributed by atoms with Crippen LogP contribution >= 0.6 is 45.2 Å². The maximum Gasteiger partial charge on any atom is 0.338 e. The van der Waals surface area contributed by atoms with Crippen LogP contribution in [0.5, 0.6) is 5.75 Å². The van der Waals surface area contributed by atoms with Gasteiger partial charge >= 0.3 is 5.97 Å². The Kier molecular flexibility index (Phi) is 9.98. The molecule has 3 rings (SSSR count). The summed E-state index contributed by atoms with van der Waals surface area (Å²) in [6.07, 6.45) is 1.47. The van der Waals surface area contributed by atoms with Crippen molar-refractivity contribution in [1.82, 2.24) is 0 Å². The fraction of sp³-hybridized carbons (Fsp3) is 0.115. The number of nitrogens with one attached hydrogen (secondary N) is 1. The zero-order chi connectivity index (χ0) is 26.9. The molecule has 3 aromatic carbocycles. The molecule has 11 heteroatoms. The minimum absolute atomic E-state index is 0.0109. The van der Waals surface area contributed by atoms with Gasteiger partial charge in [-0.15, -0.1) is 0 Å². The van der Waals surface area contributed by atoms with Crippen molar-refractivity contribution >= 4 is 74.5 Å². The fourth-order valence-corrected chi connectivity index (χ4v) is 5.26. The molecule has 1 amide bonds. The average molecular weight is 723 g/mol. The first kappa shape index (κ1) is 28.1. The van der Waals surface area contributed by atoms with E-state index in [-0.39, 0.29) is 24.5 Å². The van der Waals surface area contributed by atoms with E-state index in [1.807, 2.05) is 6.07 Å². The number of benzene rings is 3. The fourth-order valence-electron chi connectivity index (χ4n) is 3.13. The minimum atomic E-state index is -0.595. The van der Waals surface area contributed by atoms with Crippen molar-refractivity contribution in [3.8, 4) is 11.8 Å². The van der Waals surface area contributed by atoms with Gasteiger partial charge in [0, 0.05) is 17.8 Å². The summed E-state index contributed by atoms with van der Waals surface area (Å²) < 4.78 is 12.3. The van der Waals surface area contributed by atoms with Crippen LogP contribution in [-0.2, 0) is 16.1 Å². The second-order valence-electron chi connectivity index (χ2n) is 7.45. The first-order chi connectivity index (χ1) is 17.7. The average Bonchev–Trinajstić information content (AvgIpc) is 2.87. The minimum Gasteiger partial charge on any atom is -0.487 e. The van der Waals surface area contributed by atoms with E-state index in [9.17, 15) is 25.0 Å². The lowest BCUT2D eigenvalue weighted by Crippen LogP contribution is -2.13. The van der Waals surface area contributed by atoms with Gasteiger partial charge in [0.05, 0.1) is 24.2 Å². The summed E-state index contributed by atoms with van der Waals surface area (Å²) in [7, 11) is 0. The number of hydrogen-bond donors (Lipinski definition) is 1. The van der Waals surface area contributed by atoms with Gasteiger partial charge in [0.15, 0.2) is 0 Å². The molecule has 0 heterocycles. The number of ether oxygens (including phenoxy) is 2. The van der Waals surface area contributed by atoms with Crippen LogP contribution in [0.4, 0.5) is 11.4 Å². The number of anilines is 1. The van der Waals surface area contributed by atoms with Crippen molar-refractivity contribution in [2.24, 2.45) is 0 Å². The largest absolute Gasteiger partial charge is 0.487 e. The Balaban J connectivity index is 1.72. The summed E-state index contributed by atoms with van der Waals surface area (Å²) in [6, 6.07) is 17.8. The van der Waals surface area contributed by atoms with E-state index in [1.165, 1.54) is 30.3 Å². The first-order valence-corrected chi connectivity index (χ1v) is 12.9. The molecule has 0 bridgehead atoms. The van der Waals surface area contributed by atoms with Crippen LogP contribution in [-0.4, -0.2) is 23.4 Å². The third-order valence-corrected chi connectivity index (χ3v) is 6.46. The Morgan fingerprint density at radius 1 is 1.11 bits per heavy atom. The van der Waals surface area contributed by atoms with E-state index >= 15 is 0 Å². The Labute approximate surface area is 239 Å². The van der Waals surface area contributed by atoms with Crippen LogP contribution in [0.2, 0.25) is 0 Å². The normalized spacial score (nSPS) is 10.8. The van der Waals surface area contributed by atoms with Crippen LogP contribution in [0, 0.1) is 28.6 Å². The highest BCUT2D eigenvalue weighted by atomic mass is 127. The predicted molar refractivity (Wildman–Crippen MR) is 154 cm³/mol. The number of nitriles is 1. The van der Waals surface area contributed by atoms with Crippen LogP contribution in [0.3, 0.4) is 0 Å². The predicted octanol–water partition coefficient (Wildman–Crippen LogP) is 6.11. The van der Waals surface area contributed by atoms with Crippen LogP contribution in [0.1, 0.15) is 28.4 Å². The first-order valence-electron chi connectivity index (χ1n) is 10.8. The second-order valence-corrected chi connectivity index (χ2v) is 9.78. The SMILES string of the molecule is CCOC(=O)c1ccc(NC(=O)/C(C#N)=C/c2cc(I)c(OCc3cccc([N+](=O)[O-])c3)c(I)c2)cc1. The van der Waals surface area contributed by atoms with Crippen molar-refractivity contribution in [3.05, 3.63) is 100 Å². The molecule has 0 spiro atoms. The highest BCUT2D eigenvalue weighted by Crippen LogP contribution is 2.31. The van der Waals surface area contributed by atoms with Gasteiger partial charge in [-0.25, -0.2) is 4.79 Å². The summed E-state index contributed by atoms with van der Waals surface area (Å²) in [4.78, 5) is 35.0. The molecule has 0 atom stereocenters. The molecule has 0 aliphatic carbocycles. The topological polar surface area (TPSA) is 132 Å². The van der Waals surface area contributed by atoms with Crippen LogP contribution in [0.15, 0.2) is 66.2 Å². The zero-order valence-electron chi connectivity index (χ0n) is 19.4. The Bertz CT molecular complexity index is 1390. The molecule has 188 valence electrons. The standard InChI is InChI=1S/C26H19I2N3O6/c1-2-36-26(33)18-6-8-20(9-7-18)30-25(32)19(14-29)10-17-12-22(27)24(23(28)13-17)37-15-16-4-3-5-21(11-16)31(34)35/h3-13H,2,15H2,1H3,(H,30,32)/b19-10+. The van der Waals surface area contributed by atoms with Gasteiger partial charge in [-0.1, -0.05) is 12.1 Å². The third-order valence-electron chi connectivity index (χ3n) is 4.86. The zero-order valence-corrected chi connectivity index (χ0v) is 23.7. The number of rotatable bonds is 9. The quantitative estimate of drug-likeness (QED) is 0.0705. The third kappa shape index (κ3) is 7.73. The summed E-state index contributed by atoms with van der Waals surface area (Å²) in [6.45, 7) is 2.12. The highest BCUT2D eigenvalue weighted by molar-refractivity contribution is 14.1. The van der Waals surface area contributed by atoms with Gasteiger partial charge in [0.25, 0.3) is 11.6 Å². The summed E-state index contributed by atoms with van der Waals surface area (Å²) in [5.41, 5.74) is 1.94. The van der Waals surface area contributed by atoms with Crippen LogP contribution < -0.4 is 10.1 Å². The number of carbonyl (C=O) groups is 2. The van der Waals surface area contributed by atoms with Crippen molar-refractivity contribution in [1.29, 1.82) is 5.26 Å². The van der Waals surface area contributed by atoms with Gasteiger partial charge in [-0.05, 0) is 106 Å². The van der Waals surface area contributed by atoms with Gasteiger partial charge in [-0.2, -0.15) is 5.26 Å². The molecule has 0 fully saturated rings. The van der Waals surface area contributed by atoms with Crippen molar-refractivity contribution in [2.45, 2.75) is 13.5 Å². The van der Waals surface area contributed by atoms with E-state index in [0.29, 0.717) is 28.1 Å². The molecule has 0 unspecified atom stereocenters. The molecule has 3 aromatic rings. The monoisotopic (exact) mass is 723 g/mol. The second kappa shape index (κ2) is 13.2. The smallest absolute Gasteiger partial charge is 0.338 e. The van der Waals surface area contributed by atoms with Gasteiger partial charge in [0.1, 0.15) is 24.0 Å². The number of esters is 1. The Morgan fingerprint density at radius 2 is 1.78 bits per heavy atom. The Hall–Kier alpha value is -3.51. The number of hydrogen-bond acceptors (Lipinski definition) is 7. The van der Waals surface area contributed by atoms with Crippen molar-refractivity contribution in [3.63, 3.8) is 0 Å². The van der Waals surface area contributed by atoms with E-state index < -0.39 is 16.8 Å². The number of nitro benzene ring substituents is 1. The number of nitro groups is 1. The lowest BCUT2D eigenvalue weighted by molar-refractivity contribution is -0.384. The van der Waals surface area contributed by atoms with Crippen molar-refractivity contribution in [2.75, 3.05) is 11.9 Å². The molecular weight excluding hydrogens is 704 g/mol. The lowest BCUT2D eigenvalue weighted by Gasteiger charge is -2.12. The molecule has 9 nitrogen and oxygen atoms in total. The highest BCUT2D eigenvalue weighted by Gasteiger charge is 2.14. The molecule has 1 N–H and O–H groups in total. The molecule has 0 aliphatic rings. The van der Waals surface area contributed by atoms with E-state index in [0.717, 1.165) is 7.14 Å². The van der Waals surface area contributed by atoms with E-state index in [2.05, 4.69) is 50.5 Å². The lowest BCUT2D eigenvalue weighted by atomic mass is 10.1. The van der Waals surface area contributed by atoms with Gasteiger partial charge in [0.2, 0.25) is 0 Å². The van der Waals surface area contributed by atoms with Gasteiger partial charge < -0.3 is 14.8 Å². The summed E-state index contributed by atoms with van der Waals surface area (Å²) in [5.74, 6) is -0.461. The Morgan fingerprint density at radius 3 is 2.38 bits per heavy atom. The maximum absolute atomic E-state index is 12.7. The number of amides is 1. The number of nitrogens with zero attached hydrogens (tertiary/aromatic N) is 2. The van der Waals surface area contributed by atoms with Crippen molar-refractivity contribution < 1.29 is 24.0 Å². The van der Waals surface area contributed by atoms with E-state index in [4.69, 9.17) is 9.47 Å². The molecule has 0 saturated carbocycles. The molecule has 0 saturated heterocycles. The summed E-state index contributed by atoms with van der Waals surface area (Å²) in [5, 5.41) is 23.2. The maximum atomic E-state index is 12.7. The summed E-state index contributed by atoms with van der Waals surface area (Å²) >= 11 is 4.18. The molecule has 37 heavy (non-hydrogen) atoms. The number of non-ortho nitro benzene ring substituents is 1. The molecular formula is C26H19I2N3O6. The molecule has 0 radical (unpaired) electrons. The van der Waals surface area contributed by atoms with Crippen LogP contribution in [0.25, 0.3) is 6.08 Å². The number of halogens is 2.